The fourth-order valence-electron chi connectivity index (χ4n) is 0.911. The summed E-state index contributed by atoms with van der Waals surface area (Å²) in [6.07, 6.45) is 1.59. The lowest BCUT2D eigenvalue weighted by atomic mass is 10.2. The molecule has 0 fully saturated rings. The molecular formula is C10H16ClN3O. The van der Waals surface area contributed by atoms with Gasteiger partial charge in [0.1, 0.15) is 17.3 Å². The van der Waals surface area contributed by atoms with Crippen molar-refractivity contribution in [2.75, 3.05) is 6.61 Å². The average molecular weight is 230 g/mol. The van der Waals surface area contributed by atoms with Crippen LogP contribution in [0.15, 0.2) is 18.3 Å². The molecule has 0 aliphatic carbocycles. The maximum Gasteiger partial charge on any atom is 0.141 e. The fraction of sp³-hybridized carbons (Fsp3) is 0.400. The maximum atomic E-state index is 7.21. The number of aromatic nitrogens is 1. The van der Waals surface area contributed by atoms with Crippen molar-refractivity contribution in [3.63, 3.8) is 0 Å². The van der Waals surface area contributed by atoms with Crippen molar-refractivity contribution in [2.45, 2.75) is 13.8 Å². The highest BCUT2D eigenvalue weighted by Crippen LogP contribution is 2.11. The van der Waals surface area contributed by atoms with E-state index < -0.39 is 0 Å². The summed E-state index contributed by atoms with van der Waals surface area (Å²) in [5.74, 6) is 1.14. The zero-order chi connectivity index (χ0) is 10.6. The number of amidine groups is 1. The van der Waals surface area contributed by atoms with E-state index in [-0.39, 0.29) is 18.2 Å². The van der Waals surface area contributed by atoms with E-state index in [2.05, 4.69) is 18.8 Å². The quantitative estimate of drug-likeness (QED) is 0.611. The number of hydrogen-bond acceptors (Lipinski definition) is 3. The summed E-state index contributed by atoms with van der Waals surface area (Å²) in [6, 6.07) is 3.43. The van der Waals surface area contributed by atoms with Crippen LogP contribution in [0, 0.1) is 11.3 Å². The Kier molecular flexibility index (Phi) is 5.70. The van der Waals surface area contributed by atoms with Gasteiger partial charge in [-0.05, 0) is 12.0 Å². The van der Waals surface area contributed by atoms with Crippen LogP contribution in [0.3, 0.4) is 0 Å². The molecule has 3 N–H and O–H groups in total. The SMILES string of the molecule is CC(C)COc1ccnc(C(=N)N)c1.Cl. The van der Waals surface area contributed by atoms with E-state index >= 15 is 0 Å². The highest BCUT2D eigenvalue weighted by molar-refractivity contribution is 5.93. The van der Waals surface area contributed by atoms with Crippen LogP contribution in [-0.4, -0.2) is 17.4 Å². The highest BCUT2D eigenvalue weighted by atomic mass is 35.5. The lowest BCUT2D eigenvalue weighted by Gasteiger charge is -2.08. The van der Waals surface area contributed by atoms with Gasteiger partial charge in [-0.3, -0.25) is 10.4 Å². The van der Waals surface area contributed by atoms with Crippen LogP contribution in [0.4, 0.5) is 0 Å². The molecule has 0 aromatic carbocycles. The molecule has 0 spiro atoms. The standard InChI is InChI=1S/C10H15N3O.ClH/c1-7(2)6-14-8-3-4-13-9(5-8)10(11)12;/h3-5,7H,6H2,1-2H3,(H3,11,12);1H. The molecule has 0 atom stereocenters. The zero-order valence-electron chi connectivity index (χ0n) is 8.86. The van der Waals surface area contributed by atoms with Gasteiger partial charge in [-0.15, -0.1) is 12.4 Å². The first-order valence-electron chi connectivity index (χ1n) is 4.53. The molecule has 15 heavy (non-hydrogen) atoms. The molecule has 84 valence electrons. The van der Waals surface area contributed by atoms with Crippen molar-refractivity contribution in [1.29, 1.82) is 5.41 Å². The van der Waals surface area contributed by atoms with Crippen LogP contribution in [0.25, 0.3) is 0 Å². The summed E-state index contributed by atoms with van der Waals surface area (Å²) in [5.41, 5.74) is 5.75. The van der Waals surface area contributed by atoms with E-state index in [9.17, 15) is 0 Å². The second-order valence-corrected chi connectivity index (χ2v) is 3.50. The third-order valence-corrected chi connectivity index (χ3v) is 1.59. The minimum absolute atomic E-state index is 0. The summed E-state index contributed by atoms with van der Waals surface area (Å²) in [5, 5.41) is 7.21. The maximum absolute atomic E-state index is 7.21. The Morgan fingerprint density at radius 1 is 1.60 bits per heavy atom. The van der Waals surface area contributed by atoms with E-state index in [1.54, 1.807) is 18.3 Å². The van der Waals surface area contributed by atoms with E-state index in [4.69, 9.17) is 15.9 Å². The van der Waals surface area contributed by atoms with Gasteiger partial charge in [0, 0.05) is 12.3 Å². The first-order valence-corrected chi connectivity index (χ1v) is 4.53. The monoisotopic (exact) mass is 229 g/mol. The molecule has 0 amide bonds. The first kappa shape index (κ1) is 13.7. The van der Waals surface area contributed by atoms with Gasteiger partial charge in [0.15, 0.2) is 0 Å². The Balaban J connectivity index is 0.00000196. The van der Waals surface area contributed by atoms with Gasteiger partial charge in [0.2, 0.25) is 0 Å². The Labute approximate surface area is 95.8 Å². The van der Waals surface area contributed by atoms with Crippen LogP contribution in [0.2, 0.25) is 0 Å². The van der Waals surface area contributed by atoms with Crippen molar-refractivity contribution in [1.82, 2.24) is 4.98 Å². The molecule has 0 saturated heterocycles. The zero-order valence-corrected chi connectivity index (χ0v) is 9.67. The van der Waals surface area contributed by atoms with Crippen LogP contribution in [-0.2, 0) is 0 Å². The highest BCUT2D eigenvalue weighted by Gasteiger charge is 2.01. The lowest BCUT2D eigenvalue weighted by molar-refractivity contribution is 0.271. The summed E-state index contributed by atoms with van der Waals surface area (Å²) >= 11 is 0. The molecule has 0 aliphatic heterocycles. The molecular weight excluding hydrogens is 214 g/mol. The van der Waals surface area contributed by atoms with Crippen molar-refractivity contribution in [3.8, 4) is 5.75 Å². The smallest absolute Gasteiger partial charge is 0.141 e. The molecule has 0 unspecified atom stereocenters. The Hall–Kier alpha value is -1.29. The largest absolute Gasteiger partial charge is 0.493 e. The topological polar surface area (TPSA) is 72.0 Å². The molecule has 0 saturated carbocycles. The average Bonchev–Trinajstić information content (AvgIpc) is 2.15. The second kappa shape index (κ2) is 6.24. The summed E-state index contributed by atoms with van der Waals surface area (Å²) < 4.78 is 5.47. The van der Waals surface area contributed by atoms with Crippen LogP contribution < -0.4 is 10.5 Å². The number of nitrogens with zero attached hydrogens (tertiary/aromatic N) is 1. The van der Waals surface area contributed by atoms with Crippen molar-refractivity contribution in [2.24, 2.45) is 11.7 Å². The molecule has 5 heteroatoms. The first-order chi connectivity index (χ1) is 6.59. The number of rotatable bonds is 4. The van der Waals surface area contributed by atoms with Gasteiger partial charge in [0.25, 0.3) is 0 Å². The number of pyridine rings is 1. The van der Waals surface area contributed by atoms with Gasteiger partial charge >= 0.3 is 0 Å². The number of halogens is 1. The van der Waals surface area contributed by atoms with Crippen molar-refractivity contribution < 1.29 is 4.74 Å². The van der Waals surface area contributed by atoms with Gasteiger partial charge < -0.3 is 10.5 Å². The molecule has 0 aliphatic rings. The molecule has 1 heterocycles. The molecule has 1 aromatic rings. The summed E-state index contributed by atoms with van der Waals surface area (Å²) in [6.45, 7) is 4.81. The Morgan fingerprint density at radius 2 is 2.27 bits per heavy atom. The number of nitrogens with two attached hydrogens (primary N) is 1. The van der Waals surface area contributed by atoms with Crippen molar-refractivity contribution in [3.05, 3.63) is 24.0 Å². The number of ether oxygens (including phenoxy) is 1. The summed E-state index contributed by atoms with van der Waals surface area (Å²) in [4.78, 5) is 3.94. The number of nitrogens with one attached hydrogen (secondary N) is 1. The minimum Gasteiger partial charge on any atom is -0.493 e. The van der Waals surface area contributed by atoms with Gasteiger partial charge in [-0.2, -0.15) is 0 Å². The molecule has 4 nitrogen and oxygen atoms in total. The van der Waals surface area contributed by atoms with Crippen LogP contribution in [0.1, 0.15) is 19.5 Å². The molecule has 0 bridgehead atoms. The molecule has 0 radical (unpaired) electrons. The van der Waals surface area contributed by atoms with Gasteiger partial charge in [0.05, 0.1) is 6.61 Å². The Morgan fingerprint density at radius 3 is 2.80 bits per heavy atom. The lowest BCUT2D eigenvalue weighted by Crippen LogP contribution is -2.13. The van der Waals surface area contributed by atoms with Gasteiger partial charge in [-0.1, -0.05) is 13.8 Å². The van der Waals surface area contributed by atoms with Crippen LogP contribution in [0.5, 0.6) is 5.75 Å². The van der Waals surface area contributed by atoms with E-state index in [1.165, 1.54) is 0 Å². The second-order valence-electron chi connectivity index (χ2n) is 3.50. The normalized spacial score (nSPS) is 9.53. The molecule has 1 aromatic heterocycles. The number of hydrogen-bond donors (Lipinski definition) is 2. The minimum atomic E-state index is -0.0417. The summed E-state index contributed by atoms with van der Waals surface area (Å²) in [7, 11) is 0. The predicted octanol–water partition coefficient (Wildman–Crippen LogP) is 1.82. The van der Waals surface area contributed by atoms with Crippen molar-refractivity contribution >= 4 is 18.2 Å². The van der Waals surface area contributed by atoms with E-state index in [0.29, 0.717) is 24.0 Å². The van der Waals surface area contributed by atoms with Gasteiger partial charge in [-0.25, -0.2) is 0 Å². The van der Waals surface area contributed by atoms with E-state index in [0.717, 1.165) is 0 Å². The van der Waals surface area contributed by atoms with E-state index in [1.807, 2.05) is 0 Å². The number of nitrogen functional groups attached to an aromatic ring is 1. The Bertz CT molecular complexity index is 328. The molecule has 1 rings (SSSR count). The third kappa shape index (κ3) is 4.65. The van der Waals surface area contributed by atoms with Crippen LogP contribution >= 0.6 is 12.4 Å². The fourth-order valence-corrected chi connectivity index (χ4v) is 0.911. The predicted molar refractivity (Wildman–Crippen MR) is 62.8 cm³/mol. The third-order valence-electron chi connectivity index (χ3n) is 1.59.